The number of carbonyl (C=O) groups excluding carboxylic acids is 1. The second-order valence-corrected chi connectivity index (χ2v) is 5.93. The Balaban J connectivity index is 1.89. The molecule has 0 aromatic heterocycles. The summed E-state index contributed by atoms with van der Waals surface area (Å²) in [7, 11) is 0. The van der Waals surface area contributed by atoms with Gasteiger partial charge in [-0.1, -0.05) is 17.7 Å². The van der Waals surface area contributed by atoms with Crippen molar-refractivity contribution in [2.45, 2.75) is 12.3 Å². The number of nitrogens with one attached hydrogen (secondary N) is 1. The minimum Gasteiger partial charge on any atom is -0.486 e. The fourth-order valence-corrected chi connectivity index (χ4v) is 3.39. The van der Waals surface area contributed by atoms with Gasteiger partial charge in [0.1, 0.15) is 19.0 Å². The van der Waals surface area contributed by atoms with E-state index in [0.717, 1.165) is 5.56 Å². The van der Waals surface area contributed by atoms with E-state index >= 15 is 0 Å². The van der Waals surface area contributed by atoms with Crippen molar-refractivity contribution in [3.63, 3.8) is 0 Å². The summed E-state index contributed by atoms with van der Waals surface area (Å²) in [5, 5.41) is 3.12. The maximum atomic E-state index is 14.3. The number of benzene rings is 2. The Morgan fingerprint density at radius 3 is 2.65 bits per heavy atom. The third-order valence-electron chi connectivity index (χ3n) is 4.10. The fourth-order valence-electron chi connectivity index (χ4n) is 3.10. The fraction of sp³-hybridized carbons (Fsp3) is 0.235. The van der Waals surface area contributed by atoms with Gasteiger partial charge in [-0.15, -0.1) is 0 Å². The number of anilines is 1. The number of hydrogen-bond donors (Lipinski definition) is 1. The van der Waals surface area contributed by atoms with Crippen LogP contribution in [0.15, 0.2) is 30.3 Å². The lowest BCUT2D eigenvalue weighted by molar-refractivity contribution is -0.116. The molecule has 0 aliphatic carbocycles. The summed E-state index contributed by atoms with van der Waals surface area (Å²) in [4.78, 5) is 12.1. The summed E-state index contributed by atoms with van der Waals surface area (Å²) in [5.41, 5.74) is 1.72. The van der Waals surface area contributed by atoms with Gasteiger partial charge in [-0.3, -0.25) is 4.79 Å². The molecule has 2 aliphatic rings. The molecule has 0 spiro atoms. The summed E-state index contributed by atoms with van der Waals surface area (Å²) in [6.45, 7) is 0.922. The van der Waals surface area contributed by atoms with E-state index in [1.165, 1.54) is 6.07 Å². The van der Waals surface area contributed by atoms with Gasteiger partial charge in [-0.25, -0.2) is 4.39 Å². The van der Waals surface area contributed by atoms with Gasteiger partial charge in [0.25, 0.3) is 0 Å². The zero-order chi connectivity index (χ0) is 16.0. The largest absolute Gasteiger partial charge is 0.486 e. The van der Waals surface area contributed by atoms with Crippen molar-refractivity contribution in [2.75, 3.05) is 18.5 Å². The van der Waals surface area contributed by atoms with E-state index in [0.29, 0.717) is 41.0 Å². The smallest absolute Gasteiger partial charge is 0.225 e. The number of amides is 1. The maximum Gasteiger partial charge on any atom is 0.225 e. The zero-order valence-electron chi connectivity index (χ0n) is 12.1. The highest BCUT2D eigenvalue weighted by Crippen LogP contribution is 2.45. The Morgan fingerprint density at radius 1 is 1.17 bits per heavy atom. The predicted octanol–water partition coefficient (Wildman–Crippen LogP) is 3.72. The van der Waals surface area contributed by atoms with Crippen molar-refractivity contribution in [1.29, 1.82) is 0 Å². The number of fused-ring (bicyclic) bond motifs is 2. The van der Waals surface area contributed by atoms with Crippen LogP contribution in [0.25, 0.3) is 0 Å². The number of ether oxygens (including phenoxy) is 2. The molecule has 0 unspecified atom stereocenters. The second kappa shape index (κ2) is 5.42. The van der Waals surface area contributed by atoms with Crippen molar-refractivity contribution in [3.05, 3.63) is 52.3 Å². The molecule has 1 N–H and O–H groups in total. The minimum absolute atomic E-state index is 0.132. The van der Waals surface area contributed by atoms with Crippen LogP contribution < -0.4 is 14.8 Å². The molecule has 23 heavy (non-hydrogen) atoms. The Kier molecular flexibility index (Phi) is 3.38. The van der Waals surface area contributed by atoms with E-state index in [9.17, 15) is 9.18 Å². The van der Waals surface area contributed by atoms with Gasteiger partial charge >= 0.3 is 0 Å². The lowest BCUT2D eigenvalue weighted by Gasteiger charge is -2.29. The van der Waals surface area contributed by atoms with Gasteiger partial charge in [0.2, 0.25) is 5.91 Å². The van der Waals surface area contributed by atoms with Crippen LogP contribution in [0, 0.1) is 5.82 Å². The van der Waals surface area contributed by atoms with Crippen molar-refractivity contribution in [2.24, 2.45) is 0 Å². The molecule has 1 amide bonds. The van der Waals surface area contributed by atoms with Crippen molar-refractivity contribution in [1.82, 2.24) is 0 Å². The van der Waals surface area contributed by atoms with Gasteiger partial charge in [-0.05, 0) is 23.8 Å². The topological polar surface area (TPSA) is 47.6 Å². The quantitative estimate of drug-likeness (QED) is 0.865. The van der Waals surface area contributed by atoms with Crippen LogP contribution in [0.5, 0.6) is 11.5 Å². The highest BCUT2D eigenvalue weighted by molar-refractivity contribution is 6.31. The maximum absolute atomic E-state index is 14.3. The van der Waals surface area contributed by atoms with Crippen LogP contribution >= 0.6 is 11.6 Å². The Hall–Kier alpha value is -2.27. The third kappa shape index (κ3) is 2.41. The Labute approximate surface area is 137 Å². The minimum atomic E-state index is -0.455. The zero-order valence-corrected chi connectivity index (χ0v) is 12.8. The number of halogens is 2. The first-order valence-electron chi connectivity index (χ1n) is 7.31. The molecule has 1 atom stereocenters. The standard InChI is InChI=1S/C17H13ClFNO3/c18-11-2-1-3-12(19)17(11)10-7-16(21)20-13-8-15-14(6-9(10)13)22-4-5-23-15/h1-3,6,8,10H,4-5,7H2,(H,20,21)/t10-/m1/s1. The van der Waals surface area contributed by atoms with Crippen LogP contribution in [0.3, 0.4) is 0 Å². The molecular formula is C17H13ClFNO3. The molecule has 2 aromatic carbocycles. The van der Waals surface area contributed by atoms with Crippen LogP contribution in [0.1, 0.15) is 23.5 Å². The molecular weight excluding hydrogens is 321 g/mol. The molecule has 2 heterocycles. The molecule has 2 aliphatic heterocycles. The number of hydrogen-bond acceptors (Lipinski definition) is 3. The van der Waals surface area contributed by atoms with Gasteiger partial charge in [0.05, 0.1) is 0 Å². The highest BCUT2D eigenvalue weighted by Gasteiger charge is 2.32. The molecule has 6 heteroatoms. The Morgan fingerprint density at radius 2 is 1.91 bits per heavy atom. The third-order valence-corrected chi connectivity index (χ3v) is 4.43. The molecule has 0 saturated carbocycles. The van der Waals surface area contributed by atoms with Crippen LogP contribution in [0.2, 0.25) is 5.02 Å². The number of carbonyl (C=O) groups is 1. The summed E-state index contributed by atoms with van der Waals surface area (Å²) in [5.74, 6) is 0.124. The van der Waals surface area contributed by atoms with Gasteiger partial charge < -0.3 is 14.8 Å². The van der Waals surface area contributed by atoms with Crippen LogP contribution in [-0.4, -0.2) is 19.1 Å². The number of rotatable bonds is 1. The van der Waals surface area contributed by atoms with Crippen LogP contribution in [0.4, 0.5) is 10.1 Å². The van der Waals surface area contributed by atoms with Gasteiger partial charge in [-0.2, -0.15) is 0 Å². The predicted molar refractivity (Wildman–Crippen MR) is 83.9 cm³/mol. The van der Waals surface area contributed by atoms with Crippen molar-refractivity contribution >= 4 is 23.2 Å². The molecule has 0 saturated heterocycles. The SMILES string of the molecule is O=C1C[C@@H](c2c(F)cccc2Cl)c2cc3c(cc2N1)OCCO3. The Bertz CT molecular complexity index is 788. The van der Waals surface area contributed by atoms with E-state index in [2.05, 4.69) is 5.32 Å². The van der Waals surface area contributed by atoms with E-state index in [1.807, 2.05) is 0 Å². The summed E-state index contributed by atoms with van der Waals surface area (Å²) in [6.07, 6.45) is 0.132. The summed E-state index contributed by atoms with van der Waals surface area (Å²) in [6, 6.07) is 8.06. The lowest BCUT2D eigenvalue weighted by atomic mass is 9.84. The summed E-state index contributed by atoms with van der Waals surface area (Å²) < 4.78 is 25.5. The molecule has 118 valence electrons. The molecule has 0 bridgehead atoms. The lowest BCUT2D eigenvalue weighted by Crippen LogP contribution is -2.25. The normalized spacial score (nSPS) is 19.0. The van der Waals surface area contributed by atoms with Crippen molar-refractivity contribution < 1.29 is 18.7 Å². The van der Waals surface area contributed by atoms with E-state index in [4.69, 9.17) is 21.1 Å². The van der Waals surface area contributed by atoms with E-state index in [1.54, 1.807) is 24.3 Å². The van der Waals surface area contributed by atoms with E-state index < -0.39 is 11.7 Å². The molecule has 4 rings (SSSR count). The molecule has 2 aromatic rings. The average Bonchev–Trinajstić information content (AvgIpc) is 2.53. The second-order valence-electron chi connectivity index (χ2n) is 5.52. The van der Waals surface area contributed by atoms with Crippen molar-refractivity contribution in [3.8, 4) is 11.5 Å². The van der Waals surface area contributed by atoms with Crippen LogP contribution in [-0.2, 0) is 4.79 Å². The first-order valence-corrected chi connectivity index (χ1v) is 7.68. The monoisotopic (exact) mass is 333 g/mol. The first kappa shape index (κ1) is 14.3. The van der Waals surface area contributed by atoms with E-state index in [-0.39, 0.29) is 12.3 Å². The first-order chi connectivity index (χ1) is 11.1. The van der Waals surface area contributed by atoms with Gasteiger partial charge in [0.15, 0.2) is 11.5 Å². The summed E-state index contributed by atoms with van der Waals surface area (Å²) >= 11 is 6.19. The molecule has 0 fully saturated rings. The van der Waals surface area contributed by atoms with Gasteiger partial charge in [0, 0.05) is 34.7 Å². The average molecular weight is 334 g/mol. The molecule has 0 radical (unpaired) electrons. The highest BCUT2D eigenvalue weighted by atomic mass is 35.5. The molecule has 4 nitrogen and oxygen atoms in total.